The Balaban J connectivity index is 2.53. The lowest BCUT2D eigenvalue weighted by Gasteiger charge is -2.14. The summed E-state index contributed by atoms with van der Waals surface area (Å²) in [4.78, 5) is 0. The smallest absolute Gasteiger partial charge is 0.416 e. The van der Waals surface area contributed by atoms with Gasteiger partial charge < -0.3 is 4.74 Å². The molecule has 18 heavy (non-hydrogen) atoms. The Hall–Kier alpha value is -0.970. The third kappa shape index (κ3) is 2.55. The summed E-state index contributed by atoms with van der Waals surface area (Å²) in [6, 6.07) is 3.59. The third-order valence-electron chi connectivity index (χ3n) is 3.00. The Morgan fingerprint density at radius 1 is 1.22 bits per heavy atom. The van der Waals surface area contributed by atoms with E-state index in [0.717, 1.165) is 35.4 Å². The number of hydrogen-bond acceptors (Lipinski definition) is 1. The first-order valence-corrected chi connectivity index (χ1v) is 6.36. The molecule has 2 rings (SSSR count). The molecule has 1 aromatic rings. The van der Waals surface area contributed by atoms with Gasteiger partial charge in [-0.2, -0.15) is 13.2 Å². The van der Waals surface area contributed by atoms with Crippen LogP contribution in [0.4, 0.5) is 13.2 Å². The maximum absolute atomic E-state index is 12.7. The monoisotopic (exact) mass is 320 g/mol. The molecule has 1 nitrogen and oxygen atoms in total. The Morgan fingerprint density at radius 2 is 1.94 bits per heavy atom. The lowest BCUT2D eigenvalue weighted by Crippen LogP contribution is -2.06. The van der Waals surface area contributed by atoms with Crippen molar-refractivity contribution in [3.05, 3.63) is 33.8 Å². The Kier molecular flexibility index (Phi) is 3.71. The molecule has 0 unspecified atom stereocenters. The van der Waals surface area contributed by atoms with Crippen molar-refractivity contribution < 1.29 is 17.9 Å². The second kappa shape index (κ2) is 4.96. The molecule has 0 N–H and O–H groups in total. The quantitative estimate of drug-likeness (QED) is 0.744. The maximum atomic E-state index is 12.7. The molecule has 0 radical (unpaired) electrons. The highest BCUT2D eigenvalue weighted by Crippen LogP contribution is 2.42. The molecule has 98 valence electrons. The van der Waals surface area contributed by atoms with Crippen LogP contribution in [0.15, 0.2) is 22.7 Å². The summed E-state index contributed by atoms with van der Waals surface area (Å²) in [7, 11) is 1.47. The normalized spacial score (nSPS) is 16.3. The Bertz CT molecular complexity index is 491. The standard InChI is InChI=1S/C13H12BrF3O/c1-18-12-6-5-8(13(15,16)17)7-10(12)9-3-2-4-11(9)14/h5-7H,2-4H2,1H3. The molecule has 5 heteroatoms. The predicted octanol–water partition coefficient (Wildman–Crippen LogP) is 5.00. The van der Waals surface area contributed by atoms with E-state index >= 15 is 0 Å². The van der Waals surface area contributed by atoms with Gasteiger partial charge in [0.25, 0.3) is 0 Å². The van der Waals surface area contributed by atoms with Crippen LogP contribution in [0, 0.1) is 0 Å². The first-order valence-electron chi connectivity index (χ1n) is 5.56. The lowest BCUT2D eigenvalue weighted by atomic mass is 10.0. The number of rotatable bonds is 2. The molecule has 0 aromatic heterocycles. The first kappa shape index (κ1) is 13.5. The Labute approximate surface area is 112 Å². The second-order valence-electron chi connectivity index (χ2n) is 4.15. The van der Waals surface area contributed by atoms with Crippen LogP contribution in [-0.2, 0) is 6.18 Å². The zero-order valence-corrected chi connectivity index (χ0v) is 11.4. The number of halogens is 4. The molecular weight excluding hydrogens is 309 g/mol. The molecule has 0 heterocycles. The van der Waals surface area contributed by atoms with Crippen LogP contribution in [0.1, 0.15) is 30.4 Å². The van der Waals surface area contributed by atoms with Crippen LogP contribution in [0.25, 0.3) is 5.57 Å². The fourth-order valence-electron chi connectivity index (χ4n) is 2.11. The van der Waals surface area contributed by atoms with E-state index in [1.165, 1.54) is 19.2 Å². The summed E-state index contributed by atoms with van der Waals surface area (Å²) in [6.07, 6.45) is -1.73. The van der Waals surface area contributed by atoms with Gasteiger partial charge in [0.15, 0.2) is 0 Å². The summed E-state index contributed by atoms with van der Waals surface area (Å²) in [5.41, 5.74) is 0.813. The SMILES string of the molecule is COc1ccc(C(F)(F)F)cc1C1=C(Br)CCC1. The van der Waals surface area contributed by atoms with Gasteiger partial charge in [0.2, 0.25) is 0 Å². The zero-order valence-electron chi connectivity index (χ0n) is 9.77. The summed E-state index contributed by atoms with van der Waals surface area (Å²) < 4.78 is 44.3. The summed E-state index contributed by atoms with van der Waals surface area (Å²) in [5, 5.41) is 0. The zero-order chi connectivity index (χ0) is 13.3. The summed E-state index contributed by atoms with van der Waals surface area (Å²) in [5.74, 6) is 0.483. The van der Waals surface area contributed by atoms with Gasteiger partial charge in [-0.05, 0) is 47.5 Å². The fraction of sp³-hybridized carbons (Fsp3) is 0.385. The van der Waals surface area contributed by atoms with Crippen LogP contribution in [0.5, 0.6) is 5.75 Å². The molecule has 0 fully saturated rings. The molecule has 0 saturated heterocycles. The second-order valence-corrected chi connectivity index (χ2v) is 5.11. The van der Waals surface area contributed by atoms with Gasteiger partial charge in [-0.1, -0.05) is 15.9 Å². The molecule has 0 spiro atoms. The highest BCUT2D eigenvalue weighted by Gasteiger charge is 2.32. The van der Waals surface area contributed by atoms with Gasteiger partial charge in [-0.3, -0.25) is 0 Å². The highest BCUT2D eigenvalue weighted by molar-refractivity contribution is 9.11. The van der Waals surface area contributed by atoms with Gasteiger partial charge in [0, 0.05) is 5.56 Å². The predicted molar refractivity (Wildman–Crippen MR) is 67.7 cm³/mol. The number of allylic oxidation sites excluding steroid dienone is 2. The fourth-order valence-corrected chi connectivity index (χ4v) is 2.80. The van der Waals surface area contributed by atoms with Crippen LogP contribution in [0.3, 0.4) is 0 Å². The van der Waals surface area contributed by atoms with Gasteiger partial charge in [-0.25, -0.2) is 0 Å². The van der Waals surface area contributed by atoms with Crippen molar-refractivity contribution in [2.75, 3.05) is 7.11 Å². The number of methoxy groups -OCH3 is 1. The van der Waals surface area contributed by atoms with E-state index in [-0.39, 0.29) is 0 Å². The largest absolute Gasteiger partial charge is 0.496 e. The van der Waals surface area contributed by atoms with E-state index in [4.69, 9.17) is 4.74 Å². The van der Waals surface area contributed by atoms with E-state index in [1.54, 1.807) is 0 Å². The lowest BCUT2D eigenvalue weighted by molar-refractivity contribution is -0.137. The van der Waals surface area contributed by atoms with Gasteiger partial charge in [0.1, 0.15) is 5.75 Å². The van der Waals surface area contributed by atoms with Crippen molar-refractivity contribution in [3.63, 3.8) is 0 Å². The minimum atomic E-state index is -4.33. The molecule has 1 aliphatic carbocycles. The van der Waals surface area contributed by atoms with Crippen LogP contribution >= 0.6 is 15.9 Å². The van der Waals surface area contributed by atoms with E-state index in [2.05, 4.69) is 15.9 Å². The van der Waals surface area contributed by atoms with Gasteiger partial charge >= 0.3 is 6.18 Å². The van der Waals surface area contributed by atoms with E-state index < -0.39 is 11.7 Å². The number of hydrogen-bond donors (Lipinski definition) is 0. The summed E-state index contributed by atoms with van der Waals surface area (Å²) >= 11 is 3.42. The van der Waals surface area contributed by atoms with Crippen molar-refractivity contribution in [2.24, 2.45) is 0 Å². The van der Waals surface area contributed by atoms with Gasteiger partial charge in [-0.15, -0.1) is 0 Å². The molecule has 0 bridgehead atoms. The van der Waals surface area contributed by atoms with E-state index in [1.807, 2.05) is 0 Å². The van der Waals surface area contributed by atoms with Gasteiger partial charge in [0.05, 0.1) is 12.7 Å². The number of alkyl halides is 3. The summed E-state index contributed by atoms with van der Waals surface area (Å²) in [6.45, 7) is 0. The Morgan fingerprint density at radius 3 is 2.44 bits per heavy atom. The van der Waals surface area contributed by atoms with Crippen molar-refractivity contribution in [1.82, 2.24) is 0 Å². The van der Waals surface area contributed by atoms with Crippen molar-refractivity contribution in [2.45, 2.75) is 25.4 Å². The third-order valence-corrected chi connectivity index (χ3v) is 3.88. The van der Waals surface area contributed by atoms with Crippen molar-refractivity contribution in [3.8, 4) is 5.75 Å². The molecule has 1 aliphatic rings. The van der Waals surface area contributed by atoms with Crippen LogP contribution in [-0.4, -0.2) is 7.11 Å². The minimum absolute atomic E-state index is 0.483. The van der Waals surface area contributed by atoms with E-state index in [0.29, 0.717) is 11.3 Å². The maximum Gasteiger partial charge on any atom is 0.416 e. The first-order chi connectivity index (χ1) is 8.43. The van der Waals surface area contributed by atoms with Crippen LogP contribution in [0.2, 0.25) is 0 Å². The van der Waals surface area contributed by atoms with Crippen molar-refractivity contribution >= 4 is 21.5 Å². The van der Waals surface area contributed by atoms with E-state index in [9.17, 15) is 13.2 Å². The number of benzene rings is 1. The van der Waals surface area contributed by atoms with Crippen LogP contribution < -0.4 is 4.74 Å². The number of ether oxygens (including phenoxy) is 1. The average Bonchev–Trinajstić information content (AvgIpc) is 2.73. The molecular formula is C13H12BrF3O. The topological polar surface area (TPSA) is 9.23 Å². The minimum Gasteiger partial charge on any atom is -0.496 e. The molecule has 0 atom stereocenters. The molecule has 0 saturated carbocycles. The molecule has 1 aromatic carbocycles. The molecule has 0 amide bonds. The molecule has 0 aliphatic heterocycles. The highest BCUT2D eigenvalue weighted by atomic mass is 79.9. The van der Waals surface area contributed by atoms with Crippen molar-refractivity contribution in [1.29, 1.82) is 0 Å². The average molecular weight is 321 g/mol.